The molecule has 2 aromatic rings. The van der Waals surface area contributed by atoms with Gasteiger partial charge in [0.1, 0.15) is 0 Å². The van der Waals surface area contributed by atoms with Crippen LogP contribution in [0.1, 0.15) is 46.0 Å². The molecular formula is C23H27N3O3. The van der Waals surface area contributed by atoms with Gasteiger partial charge in [-0.25, -0.2) is 0 Å². The van der Waals surface area contributed by atoms with E-state index in [1.54, 1.807) is 12.1 Å². The SMILES string of the molecule is CCN(CCCNC(=O)CCN1C(=O)c2ccc(C)cc2C1=O)c1ccccc1. The largest absolute Gasteiger partial charge is 0.372 e. The first-order chi connectivity index (χ1) is 14.0. The van der Waals surface area contributed by atoms with Crippen LogP contribution in [0.4, 0.5) is 5.69 Å². The second-order valence-electron chi connectivity index (χ2n) is 7.18. The number of hydrogen-bond donors (Lipinski definition) is 1. The molecule has 1 aliphatic heterocycles. The Labute approximate surface area is 171 Å². The molecule has 0 spiro atoms. The van der Waals surface area contributed by atoms with E-state index in [9.17, 15) is 14.4 Å². The van der Waals surface area contributed by atoms with E-state index in [1.165, 1.54) is 5.69 Å². The van der Waals surface area contributed by atoms with Crippen LogP contribution in [-0.4, -0.2) is 48.8 Å². The molecule has 0 aliphatic carbocycles. The Hall–Kier alpha value is -3.15. The van der Waals surface area contributed by atoms with Crippen molar-refractivity contribution >= 4 is 23.4 Å². The molecule has 6 nitrogen and oxygen atoms in total. The molecule has 0 fully saturated rings. The van der Waals surface area contributed by atoms with E-state index in [4.69, 9.17) is 0 Å². The van der Waals surface area contributed by atoms with Crippen LogP contribution >= 0.6 is 0 Å². The number of fused-ring (bicyclic) bond motifs is 1. The van der Waals surface area contributed by atoms with Crippen LogP contribution in [0.2, 0.25) is 0 Å². The van der Waals surface area contributed by atoms with Crippen LogP contribution in [-0.2, 0) is 4.79 Å². The van der Waals surface area contributed by atoms with Gasteiger partial charge in [-0.1, -0.05) is 29.8 Å². The van der Waals surface area contributed by atoms with E-state index in [2.05, 4.69) is 29.3 Å². The Bertz CT molecular complexity index is 895. The van der Waals surface area contributed by atoms with E-state index in [-0.39, 0.29) is 30.7 Å². The summed E-state index contributed by atoms with van der Waals surface area (Å²) < 4.78 is 0. The molecule has 3 amide bonds. The molecule has 1 heterocycles. The predicted molar refractivity (Wildman–Crippen MR) is 113 cm³/mol. The highest BCUT2D eigenvalue weighted by Gasteiger charge is 2.35. The average Bonchev–Trinajstić information content (AvgIpc) is 2.96. The summed E-state index contributed by atoms with van der Waals surface area (Å²) in [6.07, 6.45) is 0.932. The first-order valence-corrected chi connectivity index (χ1v) is 10.0. The van der Waals surface area contributed by atoms with Crippen molar-refractivity contribution in [2.75, 3.05) is 31.1 Å². The number of amides is 3. The zero-order chi connectivity index (χ0) is 20.8. The summed E-state index contributed by atoms with van der Waals surface area (Å²) in [5.74, 6) is -0.789. The van der Waals surface area contributed by atoms with Gasteiger partial charge in [0, 0.05) is 38.3 Å². The Morgan fingerprint density at radius 1 is 1.03 bits per heavy atom. The number of anilines is 1. The van der Waals surface area contributed by atoms with Gasteiger partial charge in [-0.2, -0.15) is 0 Å². The highest BCUT2D eigenvalue weighted by molar-refractivity contribution is 6.21. The van der Waals surface area contributed by atoms with Crippen LogP contribution in [0.3, 0.4) is 0 Å². The van der Waals surface area contributed by atoms with Crippen molar-refractivity contribution in [1.29, 1.82) is 0 Å². The fraction of sp³-hybridized carbons (Fsp3) is 0.348. The van der Waals surface area contributed by atoms with Crippen molar-refractivity contribution < 1.29 is 14.4 Å². The fourth-order valence-electron chi connectivity index (χ4n) is 3.52. The highest BCUT2D eigenvalue weighted by Crippen LogP contribution is 2.23. The number of para-hydroxylation sites is 1. The molecule has 29 heavy (non-hydrogen) atoms. The lowest BCUT2D eigenvalue weighted by atomic mass is 10.1. The first kappa shape index (κ1) is 20.6. The number of imide groups is 1. The first-order valence-electron chi connectivity index (χ1n) is 10.0. The summed E-state index contributed by atoms with van der Waals surface area (Å²) >= 11 is 0. The molecule has 2 aromatic carbocycles. The van der Waals surface area contributed by atoms with E-state index >= 15 is 0 Å². The topological polar surface area (TPSA) is 69.7 Å². The average molecular weight is 393 g/mol. The molecule has 0 aromatic heterocycles. The van der Waals surface area contributed by atoms with Crippen molar-refractivity contribution in [2.24, 2.45) is 0 Å². The molecule has 152 valence electrons. The molecule has 0 bridgehead atoms. The van der Waals surface area contributed by atoms with Gasteiger partial charge < -0.3 is 10.2 Å². The minimum Gasteiger partial charge on any atom is -0.372 e. The molecule has 0 saturated heterocycles. The normalized spacial score (nSPS) is 12.8. The number of aryl methyl sites for hydroxylation is 1. The minimum absolute atomic E-state index is 0.0995. The third-order valence-electron chi connectivity index (χ3n) is 5.12. The molecule has 3 rings (SSSR count). The molecule has 0 radical (unpaired) electrons. The highest BCUT2D eigenvalue weighted by atomic mass is 16.2. The van der Waals surface area contributed by atoms with Crippen LogP contribution in [0.5, 0.6) is 0 Å². The number of rotatable bonds is 9. The maximum absolute atomic E-state index is 12.4. The number of carbonyl (C=O) groups is 3. The monoisotopic (exact) mass is 393 g/mol. The van der Waals surface area contributed by atoms with Gasteiger partial charge in [0.25, 0.3) is 11.8 Å². The molecular weight excluding hydrogens is 366 g/mol. The lowest BCUT2D eigenvalue weighted by Crippen LogP contribution is -2.35. The molecule has 1 aliphatic rings. The smallest absolute Gasteiger partial charge is 0.261 e. The fourth-order valence-corrected chi connectivity index (χ4v) is 3.52. The Kier molecular flexibility index (Phi) is 6.65. The third kappa shape index (κ3) is 4.83. The number of hydrogen-bond acceptors (Lipinski definition) is 4. The van der Waals surface area contributed by atoms with Gasteiger partial charge in [0.15, 0.2) is 0 Å². The summed E-state index contributed by atoms with van der Waals surface area (Å²) in [6, 6.07) is 15.4. The van der Waals surface area contributed by atoms with Crippen LogP contribution in [0.15, 0.2) is 48.5 Å². The zero-order valence-electron chi connectivity index (χ0n) is 17.0. The van der Waals surface area contributed by atoms with Crippen LogP contribution < -0.4 is 10.2 Å². The molecule has 6 heteroatoms. The van der Waals surface area contributed by atoms with Crippen molar-refractivity contribution in [2.45, 2.75) is 26.7 Å². The van der Waals surface area contributed by atoms with Gasteiger partial charge in [-0.05, 0) is 44.5 Å². The van der Waals surface area contributed by atoms with E-state index < -0.39 is 0 Å². The van der Waals surface area contributed by atoms with Gasteiger partial charge in [0.2, 0.25) is 5.91 Å². The molecule has 0 saturated carbocycles. The predicted octanol–water partition coefficient (Wildman–Crippen LogP) is 3.01. The second kappa shape index (κ2) is 9.37. The maximum atomic E-state index is 12.4. The van der Waals surface area contributed by atoms with Gasteiger partial charge >= 0.3 is 0 Å². The van der Waals surface area contributed by atoms with E-state index in [0.29, 0.717) is 17.7 Å². The van der Waals surface area contributed by atoms with Gasteiger partial charge in [-0.3, -0.25) is 19.3 Å². The number of carbonyl (C=O) groups excluding carboxylic acids is 3. The maximum Gasteiger partial charge on any atom is 0.261 e. The minimum atomic E-state index is -0.320. The van der Waals surface area contributed by atoms with Crippen LogP contribution in [0, 0.1) is 6.92 Å². The summed E-state index contributed by atoms with van der Waals surface area (Å²) in [6.45, 7) is 6.39. The Morgan fingerprint density at radius 2 is 1.76 bits per heavy atom. The van der Waals surface area contributed by atoms with Crippen molar-refractivity contribution in [3.05, 3.63) is 65.2 Å². The van der Waals surface area contributed by atoms with Crippen molar-refractivity contribution in [3.63, 3.8) is 0 Å². The lowest BCUT2D eigenvalue weighted by Gasteiger charge is -2.23. The van der Waals surface area contributed by atoms with Crippen LogP contribution in [0.25, 0.3) is 0 Å². The van der Waals surface area contributed by atoms with E-state index in [1.807, 2.05) is 31.2 Å². The van der Waals surface area contributed by atoms with E-state index in [0.717, 1.165) is 30.0 Å². The van der Waals surface area contributed by atoms with Crippen molar-refractivity contribution in [3.8, 4) is 0 Å². The summed E-state index contributed by atoms with van der Waals surface area (Å²) in [7, 11) is 0. The lowest BCUT2D eigenvalue weighted by molar-refractivity contribution is -0.121. The third-order valence-corrected chi connectivity index (χ3v) is 5.12. The molecule has 0 unspecified atom stereocenters. The van der Waals surface area contributed by atoms with Crippen molar-refractivity contribution in [1.82, 2.24) is 10.2 Å². The number of nitrogens with one attached hydrogen (secondary N) is 1. The van der Waals surface area contributed by atoms with Gasteiger partial charge in [0.05, 0.1) is 11.1 Å². The number of nitrogens with zero attached hydrogens (tertiary/aromatic N) is 2. The second-order valence-corrected chi connectivity index (χ2v) is 7.18. The number of benzene rings is 2. The molecule has 0 atom stereocenters. The zero-order valence-corrected chi connectivity index (χ0v) is 17.0. The van der Waals surface area contributed by atoms with Gasteiger partial charge in [-0.15, -0.1) is 0 Å². The standard InChI is InChI=1S/C23H27N3O3/c1-3-25(18-8-5-4-6-9-18)14-7-13-24-21(27)12-15-26-22(28)19-11-10-17(2)16-20(19)23(26)29/h4-6,8-11,16H,3,7,12-15H2,1-2H3,(H,24,27). The quantitative estimate of drug-likeness (QED) is 0.525. The Balaban J connectivity index is 1.42. The summed E-state index contributed by atoms with van der Waals surface area (Å²) in [4.78, 5) is 40.4. The molecule has 1 N–H and O–H groups in total. The summed E-state index contributed by atoms with van der Waals surface area (Å²) in [5, 5.41) is 2.88. The summed E-state index contributed by atoms with van der Waals surface area (Å²) in [5.41, 5.74) is 2.95. The Morgan fingerprint density at radius 3 is 2.48 bits per heavy atom.